The van der Waals surface area contributed by atoms with Crippen molar-refractivity contribution in [3.05, 3.63) is 0 Å². The highest BCUT2D eigenvalue weighted by atomic mass is 15.2. The number of hydrogen-bond donors (Lipinski definition) is 1. The summed E-state index contributed by atoms with van der Waals surface area (Å²) < 4.78 is 0. The lowest BCUT2D eigenvalue weighted by Crippen LogP contribution is -2.50. The second kappa shape index (κ2) is 6.02. The van der Waals surface area contributed by atoms with Crippen molar-refractivity contribution < 1.29 is 0 Å². The number of likely N-dealkylation sites (tertiary alicyclic amines) is 1. The minimum absolute atomic E-state index is 0.465. The van der Waals surface area contributed by atoms with Crippen molar-refractivity contribution in [1.82, 2.24) is 4.90 Å². The molecule has 2 N–H and O–H groups in total. The molecule has 0 aromatic carbocycles. The number of nitrogens with zero attached hydrogens (tertiary/aromatic N) is 1. The first-order valence-corrected chi connectivity index (χ1v) is 7.31. The highest BCUT2D eigenvalue weighted by Crippen LogP contribution is 2.27. The van der Waals surface area contributed by atoms with E-state index in [2.05, 4.69) is 11.8 Å². The summed E-state index contributed by atoms with van der Waals surface area (Å²) in [6.07, 6.45) is 11.2. The number of rotatable bonds is 2. The van der Waals surface area contributed by atoms with Crippen molar-refractivity contribution >= 4 is 0 Å². The molecule has 2 atom stereocenters. The molecule has 2 aliphatic rings. The maximum absolute atomic E-state index is 6.19. The van der Waals surface area contributed by atoms with Gasteiger partial charge in [-0.2, -0.15) is 0 Å². The van der Waals surface area contributed by atoms with Gasteiger partial charge >= 0.3 is 0 Å². The topological polar surface area (TPSA) is 29.3 Å². The molecular weight excluding hydrogens is 196 g/mol. The van der Waals surface area contributed by atoms with E-state index in [1.807, 2.05) is 0 Å². The van der Waals surface area contributed by atoms with Crippen LogP contribution in [-0.2, 0) is 0 Å². The van der Waals surface area contributed by atoms with Crippen molar-refractivity contribution in [2.24, 2.45) is 11.7 Å². The molecule has 1 aliphatic heterocycles. The third-order valence-corrected chi connectivity index (χ3v) is 4.69. The van der Waals surface area contributed by atoms with Crippen molar-refractivity contribution in [3.63, 3.8) is 0 Å². The summed E-state index contributed by atoms with van der Waals surface area (Å²) in [5, 5.41) is 0. The number of piperidine rings is 1. The van der Waals surface area contributed by atoms with E-state index < -0.39 is 0 Å². The summed E-state index contributed by atoms with van der Waals surface area (Å²) in [6.45, 7) is 4.81. The Morgan fingerprint density at radius 2 is 1.75 bits per heavy atom. The van der Waals surface area contributed by atoms with Gasteiger partial charge in [0.1, 0.15) is 0 Å². The van der Waals surface area contributed by atoms with Gasteiger partial charge in [0.15, 0.2) is 0 Å². The SMILES string of the molecule is CCC1CN(C2CCCCCC2)CCC1N. The Balaban J connectivity index is 1.88. The van der Waals surface area contributed by atoms with Crippen LogP contribution in [0.4, 0.5) is 0 Å². The molecule has 0 bridgehead atoms. The third-order valence-electron chi connectivity index (χ3n) is 4.69. The van der Waals surface area contributed by atoms with Gasteiger partial charge in [0.05, 0.1) is 0 Å². The average Bonchev–Trinajstić information content (AvgIpc) is 2.58. The molecule has 1 saturated carbocycles. The fourth-order valence-corrected chi connectivity index (χ4v) is 3.46. The van der Waals surface area contributed by atoms with E-state index in [0.717, 1.165) is 12.0 Å². The minimum Gasteiger partial charge on any atom is -0.327 e. The first-order chi connectivity index (χ1) is 7.81. The average molecular weight is 224 g/mol. The van der Waals surface area contributed by atoms with Crippen LogP contribution in [0.5, 0.6) is 0 Å². The number of hydrogen-bond acceptors (Lipinski definition) is 2. The van der Waals surface area contributed by atoms with E-state index in [1.54, 1.807) is 0 Å². The molecule has 1 saturated heterocycles. The van der Waals surface area contributed by atoms with Crippen LogP contribution < -0.4 is 5.73 Å². The van der Waals surface area contributed by atoms with Crippen molar-refractivity contribution in [1.29, 1.82) is 0 Å². The summed E-state index contributed by atoms with van der Waals surface area (Å²) in [6, 6.07) is 1.34. The highest BCUT2D eigenvalue weighted by Gasteiger charge is 2.29. The van der Waals surface area contributed by atoms with Crippen molar-refractivity contribution in [3.8, 4) is 0 Å². The minimum atomic E-state index is 0.465. The van der Waals surface area contributed by atoms with Gasteiger partial charge in [-0.1, -0.05) is 39.0 Å². The Kier molecular flexibility index (Phi) is 4.66. The highest BCUT2D eigenvalue weighted by molar-refractivity contribution is 4.86. The van der Waals surface area contributed by atoms with E-state index in [1.165, 1.54) is 64.5 Å². The van der Waals surface area contributed by atoms with E-state index >= 15 is 0 Å². The molecule has 1 heterocycles. The lowest BCUT2D eigenvalue weighted by molar-refractivity contribution is 0.0977. The first-order valence-electron chi connectivity index (χ1n) is 7.31. The van der Waals surface area contributed by atoms with Crippen molar-refractivity contribution in [2.45, 2.75) is 70.4 Å². The maximum Gasteiger partial charge on any atom is 0.00953 e. The molecule has 0 amide bonds. The summed E-state index contributed by atoms with van der Waals surface area (Å²) in [7, 11) is 0. The normalized spacial score (nSPS) is 34.9. The van der Waals surface area contributed by atoms with E-state index in [4.69, 9.17) is 5.73 Å². The molecule has 0 aromatic heterocycles. The molecule has 2 nitrogen and oxygen atoms in total. The molecule has 16 heavy (non-hydrogen) atoms. The molecule has 2 unspecified atom stereocenters. The second-order valence-corrected chi connectivity index (χ2v) is 5.76. The summed E-state index contributed by atoms with van der Waals surface area (Å²) in [4.78, 5) is 2.75. The van der Waals surface area contributed by atoms with E-state index in [0.29, 0.717) is 6.04 Å². The molecule has 0 aromatic rings. The van der Waals surface area contributed by atoms with Crippen LogP contribution >= 0.6 is 0 Å². The summed E-state index contributed by atoms with van der Waals surface area (Å²) >= 11 is 0. The summed E-state index contributed by atoms with van der Waals surface area (Å²) in [5.41, 5.74) is 6.19. The zero-order valence-electron chi connectivity index (χ0n) is 10.8. The number of nitrogens with two attached hydrogens (primary N) is 1. The van der Waals surface area contributed by atoms with E-state index in [9.17, 15) is 0 Å². The van der Waals surface area contributed by atoms with Gasteiger partial charge < -0.3 is 5.73 Å². The standard InChI is InChI=1S/C14H28N2/c1-2-12-11-16(10-9-14(12)15)13-7-5-3-4-6-8-13/h12-14H,2-11,15H2,1H3. The molecule has 2 rings (SSSR count). The lowest BCUT2D eigenvalue weighted by atomic mass is 9.89. The first kappa shape index (κ1) is 12.4. The van der Waals surface area contributed by atoms with Gasteiger partial charge in [-0.25, -0.2) is 0 Å². The maximum atomic E-state index is 6.19. The summed E-state index contributed by atoms with van der Waals surface area (Å²) in [5.74, 6) is 0.747. The Morgan fingerprint density at radius 1 is 1.06 bits per heavy atom. The monoisotopic (exact) mass is 224 g/mol. The Morgan fingerprint density at radius 3 is 2.38 bits per heavy atom. The van der Waals surface area contributed by atoms with Gasteiger partial charge in [0, 0.05) is 18.6 Å². The van der Waals surface area contributed by atoms with Gasteiger partial charge in [-0.15, -0.1) is 0 Å². The molecule has 0 spiro atoms. The van der Waals surface area contributed by atoms with Crippen LogP contribution in [0.1, 0.15) is 58.3 Å². The Bertz CT molecular complexity index is 197. The Hall–Kier alpha value is -0.0800. The largest absolute Gasteiger partial charge is 0.327 e. The van der Waals surface area contributed by atoms with Gasteiger partial charge in [0.2, 0.25) is 0 Å². The van der Waals surface area contributed by atoms with Crippen LogP contribution in [0.25, 0.3) is 0 Å². The van der Waals surface area contributed by atoms with Crippen LogP contribution in [0.15, 0.2) is 0 Å². The van der Waals surface area contributed by atoms with Crippen LogP contribution in [0.3, 0.4) is 0 Å². The fraction of sp³-hybridized carbons (Fsp3) is 1.00. The molecule has 0 radical (unpaired) electrons. The van der Waals surface area contributed by atoms with Crippen molar-refractivity contribution in [2.75, 3.05) is 13.1 Å². The molecule has 94 valence electrons. The lowest BCUT2D eigenvalue weighted by Gasteiger charge is -2.41. The van der Waals surface area contributed by atoms with Gasteiger partial charge in [-0.05, 0) is 31.7 Å². The smallest absolute Gasteiger partial charge is 0.00953 e. The zero-order chi connectivity index (χ0) is 11.4. The fourth-order valence-electron chi connectivity index (χ4n) is 3.46. The Labute approximate surface area is 101 Å². The molecule has 2 fully saturated rings. The van der Waals surface area contributed by atoms with Crippen LogP contribution in [-0.4, -0.2) is 30.1 Å². The van der Waals surface area contributed by atoms with E-state index in [-0.39, 0.29) is 0 Å². The molecule has 2 heteroatoms. The zero-order valence-corrected chi connectivity index (χ0v) is 10.8. The molecular formula is C14H28N2. The second-order valence-electron chi connectivity index (χ2n) is 5.76. The van der Waals surface area contributed by atoms with Gasteiger partial charge in [0.25, 0.3) is 0 Å². The van der Waals surface area contributed by atoms with Gasteiger partial charge in [-0.3, -0.25) is 4.90 Å². The van der Waals surface area contributed by atoms with Crippen LogP contribution in [0.2, 0.25) is 0 Å². The predicted octanol–water partition coefficient (Wildman–Crippen LogP) is 2.77. The van der Waals surface area contributed by atoms with Crippen LogP contribution in [0, 0.1) is 5.92 Å². The quantitative estimate of drug-likeness (QED) is 0.731. The molecule has 1 aliphatic carbocycles. The predicted molar refractivity (Wildman–Crippen MR) is 69.4 cm³/mol. The third kappa shape index (κ3) is 2.98.